The third kappa shape index (κ3) is 3.85. The summed E-state index contributed by atoms with van der Waals surface area (Å²) in [5.41, 5.74) is 1.88. The van der Waals surface area contributed by atoms with Gasteiger partial charge in [-0.3, -0.25) is 0 Å². The van der Waals surface area contributed by atoms with E-state index in [4.69, 9.17) is 11.6 Å². The molecule has 0 aliphatic rings. The quantitative estimate of drug-likeness (QED) is 0.733. The van der Waals surface area contributed by atoms with E-state index in [0.717, 1.165) is 24.3 Å². The van der Waals surface area contributed by atoms with Crippen molar-refractivity contribution in [3.8, 4) is 0 Å². The van der Waals surface area contributed by atoms with Crippen LogP contribution in [0, 0.1) is 5.82 Å². The van der Waals surface area contributed by atoms with Gasteiger partial charge in [0.05, 0.1) is 0 Å². The predicted molar refractivity (Wildman–Crippen MR) is 77.0 cm³/mol. The third-order valence-corrected chi connectivity index (χ3v) is 3.28. The Balaban J connectivity index is 3.00. The first-order valence-corrected chi connectivity index (χ1v) is 6.78. The lowest BCUT2D eigenvalue weighted by atomic mass is 10.1. The van der Waals surface area contributed by atoms with Crippen LogP contribution in [0.5, 0.6) is 0 Å². The van der Waals surface area contributed by atoms with Gasteiger partial charge in [0.1, 0.15) is 5.82 Å². The first kappa shape index (κ1) is 15.3. The van der Waals surface area contributed by atoms with Crippen LogP contribution in [-0.2, 0) is 5.88 Å². The van der Waals surface area contributed by atoms with Gasteiger partial charge in [0, 0.05) is 30.7 Å². The molecule has 1 aromatic rings. The minimum Gasteiger partial charge on any atom is -0.368 e. The van der Waals surface area contributed by atoms with Crippen molar-refractivity contribution in [1.29, 1.82) is 0 Å². The number of hydrogen-bond donors (Lipinski definition) is 0. The molecular formula is C14H22ClFN2. The second kappa shape index (κ2) is 6.95. The molecule has 0 fully saturated rings. The molecule has 0 aliphatic heterocycles. The molecule has 0 bridgehead atoms. The molecule has 1 unspecified atom stereocenters. The van der Waals surface area contributed by atoms with Gasteiger partial charge >= 0.3 is 0 Å². The highest BCUT2D eigenvalue weighted by Gasteiger charge is 2.16. The molecule has 0 saturated heterocycles. The summed E-state index contributed by atoms with van der Waals surface area (Å²) in [7, 11) is 4.11. The van der Waals surface area contributed by atoms with Gasteiger partial charge in [0.25, 0.3) is 0 Å². The van der Waals surface area contributed by atoms with Crippen LogP contribution >= 0.6 is 11.6 Å². The fraction of sp³-hybridized carbons (Fsp3) is 0.571. The van der Waals surface area contributed by atoms with Crippen LogP contribution in [-0.4, -0.2) is 38.1 Å². The average Bonchev–Trinajstić information content (AvgIpc) is 2.30. The van der Waals surface area contributed by atoms with E-state index in [0.29, 0.717) is 11.9 Å². The van der Waals surface area contributed by atoms with Crippen molar-refractivity contribution >= 4 is 17.3 Å². The molecule has 102 valence electrons. The van der Waals surface area contributed by atoms with E-state index in [1.165, 1.54) is 12.1 Å². The zero-order valence-electron chi connectivity index (χ0n) is 11.6. The summed E-state index contributed by atoms with van der Waals surface area (Å²) in [5.74, 6) is 0.101. The summed E-state index contributed by atoms with van der Waals surface area (Å²) in [6.07, 6.45) is 0. The van der Waals surface area contributed by atoms with E-state index in [9.17, 15) is 4.39 Å². The Morgan fingerprint density at radius 2 is 2.00 bits per heavy atom. The standard InChI is InChI=1S/C14H22ClFN2/c1-5-18(11(2)10-17(3)4)14-7-6-13(16)8-12(14)9-15/h6-8,11H,5,9-10H2,1-4H3. The Morgan fingerprint density at radius 1 is 1.33 bits per heavy atom. The second-order valence-corrected chi connectivity index (χ2v) is 5.07. The van der Waals surface area contributed by atoms with Crippen molar-refractivity contribution in [2.45, 2.75) is 25.8 Å². The van der Waals surface area contributed by atoms with Crippen molar-refractivity contribution in [3.05, 3.63) is 29.6 Å². The van der Waals surface area contributed by atoms with Crippen molar-refractivity contribution in [1.82, 2.24) is 4.90 Å². The molecule has 1 atom stereocenters. The molecule has 0 aromatic heterocycles. The van der Waals surface area contributed by atoms with Crippen LogP contribution in [0.25, 0.3) is 0 Å². The molecule has 2 nitrogen and oxygen atoms in total. The molecular weight excluding hydrogens is 251 g/mol. The second-order valence-electron chi connectivity index (χ2n) is 4.80. The van der Waals surface area contributed by atoms with Gasteiger partial charge in [-0.25, -0.2) is 4.39 Å². The van der Waals surface area contributed by atoms with Crippen molar-refractivity contribution in [3.63, 3.8) is 0 Å². The normalized spacial score (nSPS) is 12.8. The molecule has 0 heterocycles. The third-order valence-electron chi connectivity index (χ3n) is 3.00. The van der Waals surface area contributed by atoms with E-state index < -0.39 is 0 Å². The Bertz CT molecular complexity index is 382. The summed E-state index contributed by atoms with van der Waals surface area (Å²) in [5, 5.41) is 0. The molecule has 0 spiro atoms. The fourth-order valence-corrected chi connectivity index (χ4v) is 2.50. The molecule has 0 amide bonds. The zero-order chi connectivity index (χ0) is 13.7. The Kier molecular flexibility index (Phi) is 5.89. The summed E-state index contributed by atoms with van der Waals surface area (Å²) >= 11 is 5.91. The molecule has 1 rings (SSSR count). The largest absolute Gasteiger partial charge is 0.368 e. The van der Waals surface area contributed by atoms with E-state index in [1.54, 1.807) is 0 Å². The fourth-order valence-electron chi connectivity index (χ4n) is 2.29. The smallest absolute Gasteiger partial charge is 0.123 e. The predicted octanol–water partition coefficient (Wildman–Crippen LogP) is 3.34. The maximum absolute atomic E-state index is 13.2. The van der Waals surface area contributed by atoms with Crippen LogP contribution in [0.2, 0.25) is 0 Å². The van der Waals surface area contributed by atoms with Gasteiger partial charge in [-0.05, 0) is 51.7 Å². The van der Waals surface area contributed by atoms with Crippen molar-refractivity contribution in [2.75, 3.05) is 32.1 Å². The van der Waals surface area contributed by atoms with Crippen LogP contribution in [0.4, 0.5) is 10.1 Å². The van der Waals surface area contributed by atoms with Crippen molar-refractivity contribution in [2.24, 2.45) is 0 Å². The van der Waals surface area contributed by atoms with E-state index in [2.05, 4.69) is 37.7 Å². The molecule has 1 aromatic carbocycles. The maximum atomic E-state index is 13.2. The van der Waals surface area contributed by atoms with Gasteiger partial charge in [-0.15, -0.1) is 11.6 Å². The summed E-state index contributed by atoms with van der Waals surface area (Å²) < 4.78 is 13.2. The van der Waals surface area contributed by atoms with Gasteiger partial charge in [0.15, 0.2) is 0 Å². The average molecular weight is 273 g/mol. The number of halogens is 2. The Hall–Kier alpha value is -0.800. The highest BCUT2D eigenvalue weighted by Crippen LogP contribution is 2.25. The number of likely N-dealkylation sites (N-methyl/N-ethyl adjacent to an activating group) is 2. The lowest BCUT2D eigenvalue weighted by Crippen LogP contribution is -2.40. The van der Waals surface area contributed by atoms with E-state index in [-0.39, 0.29) is 5.82 Å². The van der Waals surface area contributed by atoms with E-state index in [1.807, 2.05) is 6.07 Å². The number of hydrogen-bond acceptors (Lipinski definition) is 2. The van der Waals surface area contributed by atoms with Gasteiger partial charge in [0.2, 0.25) is 0 Å². The first-order valence-electron chi connectivity index (χ1n) is 6.25. The molecule has 0 N–H and O–H groups in total. The molecule has 0 aliphatic carbocycles. The highest BCUT2D eigenvalue weighted by atomic mass is 35.5. The number of anilines is 1. The summed E-state index contributed by atoms with van der Waals surface area (Å²) in [4.78, 5) is 4.41. The maximum Gasteiger partial charge on any atom is 0.123 e. The van der Waals surface area contributed by atoms with Gasteiger partial charge < -0.3 is 9.80 Å². The topological polar surface area (TPSA) is 6.48 Å². The zero-order valence-corrected chi connectivity index (χ0v) is 12.3. The number of rotatable bonds is 6. The lowest BCUT2D eigenvalue weighted by Gasteiger charge is -2.33. The Morgan fingerprint density at radius 3 is 2.50 bits per heavy atom. The number of benzene rings is 1. The van der Waals surface area contributed by atoms with Gasteiger partial charge in [-0.1, -0.05) is 0 Å². The SMILES string of the molecule is CCN(c1ccc(F)cc1CCl)C(C)CN(C)C. The number of nitrogens with zero attached hydrogens (tertiary/aromatic N) is 2. The first-order chi connectivity index (χ1) is 8.49. The highest BCUT2D eigenvalue weighted by molar-refractivity contribution is 6.17. The monoisotopic (exact) mass is 272 g/mol. The van der Waals surface area contributed by atoms with Crippen molar-refractivity contribution < 1.29 is 4.39 Å². The van der Waals surface area contributed by atoms with E-state index >= 15 is 0 Å². The summed E-state index contributed by atoms with van der Waals surface area (Å²) in [6, 6.07) is 5.20. The minimum absolute atomic E-state index is 0.231. The Labute approximate surface area is 114 Å². The number of alkyl halides is 1. The molecule has 0 radical (unpaired) electrons. The van der Waals surface area contributed by atoms with Crippen LogP contribution in [0.1, 0.15) is 19.4 Å². The van der Waals surface area contributed by atoms with Crippen LogP contribution < -0.4 is 4.90 Å². The van der Waals surface area contributed by atoms with Crippen LogP contribution in [0.3, 0.4) is 0 Å². The van der Waals surface area contributed by atoms with Gasteiger partial charge in [-0.2, -0.15) is 0 Å². The molecule has 18 heavy (non-hydrogen) atoms. The van der Waals surface area contributed by atoms with Crippen LogP contribution in [0.15, 0.2) is 18.2 Å². The lowest BCUT2D eigenvalue weighted by molar-refractivity contribution is 0.373. The molecule has 4 heteroatoms. The minimum atomic E-state index is -0.231. The molecule has 0 saturated carbocycles. The summed E-state index contributed by atoms with van der Waals surface area (Å²) in [6.45, 7) is 6.11.